The zero-order valence-corrected chi connectivity index (χ0v) is 10.2. The van der Waals surface area contributed by atoms with Gasteiger partial charge >= 0.3 is 5.97 Å². The van der Waals surface area contributed by atoms with E-state index in [0.717, 1.165) is 11.1 Å². The van der Waals surface area contributed by atoms with Gasteiger partial charge in [0.2, 0.25) is 0 Å². The van der Waals surface area contributed by atoms with Gasteiger partial charge in [-0.15, -0.1) is 0 Å². The molecule has 0 unspecified atom stereocenters. The molecule has 6 heteroatoms. The maximum absolute atomic E-state index is 10.6. The molecule has 3 aromatic rings. The average molecular weight is 257 g/mol. The minimum absolute atomic E-state index is 0.0728. The minimum atomic E-state index is -0.892. The molecule has 1 aromatic carbocycles. The lowest BCUT2D eigenvalue weighted by Crippen LogP contribution is -1.99. The molecule has 3 rings (SSSR count). The predicted octanol–water partition coefficient (Wildman–Crippen LogP) is 2.15. The van der Waals surface area contributed by atoms with Crippen molar-refractivity contribution in [1.82, 2.24) is 15.2 Å². The van der Waals surface area contributed by atoms with E-state index >= 15 is 0 Å². The molecule has 0 aliphatic carbocycles. The fourth-order valence-electron chi connectivity index (χ4n) is 1.96. The molecule has 96 valence electrons. The van der Waals surface area contributed by atoms with Crippen molar-refractivity contribution in [2.75, 3.05) is 0 Å². The van der Waals surface area contributed by atoms with E-state index < -0.39 is 5.97 Å². The zero-order valence-electron chi connectivity index (χ0n) is 10.2. The van der Waals surface area contributed by atoms with Crippen LogP contribution in [0.3, 0.4) is 0 Å². The van der Waals surface area contributed by atoms with Crippen LogP contribution in [0.1, 0.15) is 11.6 Å². The van der Waals surface area contributed by atoms with Crippen molar-refractivity contribution in [2.24, 2.45) is 0 Å². The molecule has 6 nitrogen and oxygen atoms in total. The molecule has 0 fully saturated rings. The second-order valence-electron chi connectivity index (χ2n) is 4.26. The van der Waals surface area contributed by atoms with Gasteiger partial charge in [-0.05, 0) is 18.2 Å². The monoisotopic (exact) mass is 257 g/mol. The second-order valence-corrected chi connectivity index (χ2v) is 4.26. The highest BCUT2D eigenvalue weighted by molar-refractivity contribution is 5.79. The van der Waals surface area contributed by atoms with Crippen molar-refractivity contribution >= 4 is 17.1 Å². The number of nitrogens with one attached hydrogen (secondary N) is 1. The first kappa shape index (κ1) is 11.5. The summed E-state index contributed by atoms with van der Waals surface area (Å²) >= 11 is 0. The number of hydrogen-bond donors (Lipinski definition) is 2. The third-order valence-corrected chi connectivity index (χ3v) is 2.76. The normalized spacial score (nSPS) is 11.0. The maximum atomic E-state index is 10.6. The number of carboxylic acid groups (broad SMARTS) is 1. The van der Waals surface area contributed by atoms with Gasteiger partial charge in [-0.2, -0.15) is 5.10 Å². The van der Waals surface area contributed by atoms with Gasteiger partial charge in [0, 0.05) is 18.2 Å². The Morgan fingerprint density at radius 2 is 2.26 bits per heavy atom. The van der Waals surface area contributed by atoms with E-state index in [-0.39, 0.29) is 6.42 Å². The van der Waals surface area contributed by atoms with Crippen LogP contribution in [0.2, 0.25) is 0 Å². The molecule has 0 atom stereocenters. The molecule has 0 bridgehead atoms. The third kappa shape index (κ3) is 2.20. The summed E-state index contributed by atoms with van der Waals surface area (Å²) in [7, 11) is 0. The molecule has 0 aliphatic rings. The number of H-pyrrole nitrogens is 1. The Labute approximate surface area is 108 Å². The first-order chi connectivity index (χ1) is 9.11. The predicted molar refractivity (Wildman–Crippen MR) is 67.7 cm³/mol. The lowest BCUT2D eigenvalue weighted by molar-refractivity contribution is -0.136. The summed E-state index contributed by atoms with van der Waals surface area (Å²) in [6, 6.07) is 7.30. The largest absolute Gasteiger partial charge is 0.481 e. The Balaban J connectivity index is 1.98. The fraction of sp³-hybridized carbons (Fsp3) is 0.154. The molecule has 0 radical (unpaired) electrons. The van der Waals surface area contributed by atoms with Crippen molar-refractivity contribution in [1.29, 1.82) is 0 Å². The molecule has 0 saturated carbocycles. The summed E-state index contributed by atoms with van der Waals surface area (Å²) in [5, 5.41) is 15.5. The highest BCUT2D eigenvalue weighted by Crippen LogP contribution is 2.24. The van der Waals surface area contributed by atoms with E-state index in [9.17, 15) is 4.79 Å². The summed E-state index contributed by atoms with van der Waals surface area (Å²) < 4.78 is 5.46. The fourth-order valence-corrected chi connectivity index (χ4v) is 1.96. The topological polar surface area (TPSA) is 92.0 Å². The molecule has 0 aliphatic heterocycles. The summed E-state index contributed by atoms with van der Waals surface area (Å²) in [5.41, 5.74) is 3.60. The van der Waals surface area contributed by atoms with Gasteiger partial charge in [0.15, 0.2) is 11.5 Å². The van der Waals surface area contributed by atoms with Crippen LogP contribution in [0.4, 0.5) is 0 Å². The smallest absolute Gasteiger partial charge is 0.309 e. The number of aryl methyl sites for hydroxylation is 1. The molecule has 0 amide bonds. The van der Waals surface area contributed by atoms with E-state index in [1.165, 1.54) is 0 Å². The highest BCUT2D eigenvalue weighted by Gasteiger charge is 2.09. The van der Waals surface area contributed by atoms with E-state index in [4.69, 9.17) is 9.52 Å². The van der Waals surface area contributed by atoms with Gasteiger partial charge < -0.3 is 9.52 Å². The number of fused-ring (bicyclic) bond motifs is 1. The minimum Gasteiger partial charge on any atom is -0.481 e. The average Bonchev–Trinajstić information content (AvgIpc) is 2.92. The van der Waals surface area contributed by atoms with Gasteiger partial charge in [-0.25, -0.2) is 4.98 Å². The standard InChI is InChI=1S/C13H11N3O3/c1-7-14-10-3-2-8(4-12(10)19-7)11-5-9(15-16-11)6-13(17)18/h2-5H,6H2,1H3,(H,15,16)(H,17,18). The van der Waals surface area contributed by atoms with E-state index in [1.807, 2.05) is 18.2 Å². The number of aromatic amines is 1. The SMILES string of the molecule is Cc1nc2ccc(-c3cc(CC(=O)O)[nH]n3)cc2o1. The lowest BCUT2D eigenvalue weighted by Gasteiger charge is -1.94. The first-order valence-electron chi connectivity index (χ1n) is 5.75. The number of carbonyl (C=O) groups is 1. The Morgan fingerprint density at radius 3 is 3.05 bits per heavy atom. The van der Waals surface area contributed by atoms with E-state index in [0.29, 0.717) is 22.9 Å². The van der Waals surface area contributed by atoms with Gasteiger partial charge in [-0.3, -0.25) is 9.89 Å². The molecule has 0 spiro atoms. The number of aromatic nitrogens is 3. The second kappa shape index (κ2) is 4.24. The Morgan fingerprint density at radius 1 is 1.42 bits per heavy atom. The van der Waals surface area contributed by atoms with Crippen molar-refractivity contribution in [2.45, 2.75) is 13.3 Å². The number of rotatable bonds is 3. The van der Waals surface area contributed by atoms with Gasteiger partial charge in [0.25, 0.3) is 0 Å². The molecule has 2 heterocycles. The van der Waals surface area contributed by atoms with Gasteiger partial charge in [-0.1, -0.05) is 6.07 Å². The molecule has 2 aromatic heterocycles. The van der Waals surface area contributed by atoms with Crippen LogP contribution >= 0.6 is 0 Å². The lowest BCUT2D eigenvalue weighted by atomic mass is 10.1. The molecule has 19 heavy (non-hydrogen) atoms. The summed E-state index contributed by atoms with van der Waals surface area (Å²) in [6.07, 6.45) is -0.0728. The zero-order chi connectivity index (χ0) is 13.4. The van der Waals surface area contributed by atoms with Crippen molar-refractivity contribution in [3.63, 3.8) is 0 Å². The van der Waals surface area contributed by atoms with Crippen LogP contribution in [0.15, 0.2) is 28.7 Å². The third-order valence-electron chi connectivity index (χ3n) is 2.76. The van der Waals surface area contributed by atoms with Gasteiger partial charge in [0.1, 0.15) is 5.52 Å². The van der Waals surface area contributed by atoms with Crippen molar-refractivity contribution in [3.05, 3.63) is 35.9 Å². The molecule has 0 saturated heterocycles. The number of carboxylic acids is 1. The maximum Gasteiger partial charge on any atom is 0.309 e. The number of hydrogen-bond acceptors (Lipinski definition) is 4. The van der Waals surface area contributed by atoms with Crippen LogP contribution in [0.25, 0.3) is 22.4 Å². The van der Waals surface area contributed by atoms with Crippen LogP contribution in [-0.4, -0.2) is 26.3 Å². The summed E-state index contributed by atoms with van der Waals surface area (Å²) in [5.74, 6) is -0.280. The Kier molecular flexibility index (Phi) is 2.56. The summed E-state index contributed by atoms with van der Waals surface area (Å²) in [4.78, 5) is 14.8. The van der Waals surface area contributed by atoms with Crippen LogP contribution in [0, 0.1) is 6.92 Å². The van der Waals surface area contributed by atoms with Crippen LogP contribution in [-0.2, 0) is 11.2 Å². The number of oxazole rings is 1. The Bertz CT molecular complexity index is 757. The van der Waals surface area contributed by atoms with E-state index in [1.54, 1.807) is 13.0 Å². The molecular formula is C13H11N3O3. The number of benzene rings is 1. The summed E-state index contributed by atoms with van der Waals surface area (Å²) in [6.45, 7) is 1.79. The molecule has 2 N–H and O–H groups in total. The van der Waals surface area contributed by atoms with Crippen LogP contribution < -0.4 is 0 Å². The molecular weight excluding hydrogens is 246 g/mol. The van der Waals surface area contributed by atoms with E-state index in [2.05, 4.69) is 15.2 Å². The first-order valence-corrected chi connectivity index (χ1v) is 5.75. The van der Waals surface area contributed by atoms with Crippen molar-refractivity contribution in [3.8, 4) is 11.3 Å². The quantitative estimate of drug-likeness (QED) is 0.750. The number of nitrogens with zero attached hydrogens (tertiary/aromatic N) is 2. The number of aliphatic carboxylic acids is 1. The highest BCUT2D eigenvalue weighted by atomic mass is 16.4. The van der Waals surface area contributed by atoms with Gasteiger partial charge in [0.05, 0.1) is 12.1 Å². The van der Waals surface area contributed by atoms with Crippen LogP contribution in [0.5, 0.6) is 0 Å². The Hall–Kier alpha value is -2.63. The van der Waals surface area contributed by atoms with Crippen molar-refractivity contribution < 1.29 is 14.3 Å².